The maximum absolute atomic E-state index is 13.0. The Morgan fingerprint density at radius 2 is 1.78 bits per heavy atom. The van der Waals surface area contributed by atoms with E-state index in [2.05, 4.69) is 10.4 Å². The summed E-state index contributed by atoms with van der Waals surface area (Å²) < 4.78 is 6.88. The number of carbonyl (C=O) groups is 1. The van der Waals surface area contributed by atoms with E-state index in [1.165, 1.54) is 6.07 Å². The molecule has 0 saturated carbocycles. The second-order valence-corrected chi connectivity index (χ2v) is 7.79. The summed E-state index contributed by atoms with van der Waals surface area (Å²) in [6.07, 6.45) is 0. The van der Waals surface area contributed by atoms with Crippen molar-refractivity contribution < 1.29 is 9.21 Å². The quantitative estimate of drug-likeness (QED) is 0.424. The number of anilines is 1. The summed E-state index contributed by atoms with van der Waals surface area (Å²) in [6.45, 7) is 5.85. The lowest BCUT2D eigenvalue weighted by Crippen LogP contribution is -2.22. The Balaban J connectivity index is 1.57. The number of rotatable bonds is 3. The molecule has 0 spiro atoms. The number of aromatic nitrogens is 3. The Labute approximate surface area is 183 Å². The molecule has 0 radical (unpaired) electrons. The van der Waals surface area contributed by atoms with Crippen molar-refractivity contribution in [3.63, 3.8) is 0 Å². The molecular weight excluding hydrogens is 404 g/mol. The summed E-state index contributed by atoms with van der Waals surface area (Å²) in [4.78, 5) is 30.2. The van der Waals surface area contributed by atoms with Gasteiger partial charge >= 0.3 is 5.63 Å². The van der Waals surface area contributed by atoms with Crippen molar-refractivity contribution in [2.75, 3.05) is 5.32 Å². The molecule has 0 atom stereocenters. The molecule has 3 heterocycles. The van der Waals surface area contributed by atoms with E-state index in [0.29, 0.717) is 28.3 Å². The number of nitrogens with zero attached hydrogens (tertiary/aromatic N) is 3. The van der Waals surface area contributed by atoms with Crippen LogP contribution in [0.25, 0.3) is 27.7 Å². The monoisotopic (exact) mass is 424 g/mol. The number of nitrogens with one attached hydrogen (secondary N) is 1. The van der Waals surface area contributed by atoms with Crippen molar-refractivity contribution in [1.82, 2.24) is 14.8 Å². The minimum absolute atomic E-state index is 0.0763. The highest BCUT2D eigenvalue weighted by Gasteiger charge is 2.18. The summed E-state index contributed by atoms with van der Waals surface area (Å²) >= 11 is 0. The Morgan fingerprint density at radius 3 is 2.62 bits per heavy atom. The third-order valence-electron chi connectivity index (χ3n) is 5.41. The van der Waals surface area contributed by atoms with Gasteiger partial charge in [-0.1, -0.05) is 36.4 Å². The van der Waals surface area contributed by atoms with Crippen LogP contribution >= 0.6 is 0 Å². The van der Waals surface area contributed by atoms with Crippen molar-refractivity contribution in [2.45, 2.75) is 20.8 Å². The number of para-hydroxylation sites is 2. The molecule has 7 heteroatoms. The predicted octanol–water partition coefficient (Wildman–Crippen LogP) is 4.70. The molecule has 0 fully saturated rings. The highest BCUT2D eigenvalue weighted by Crippen LogP contribution is 2.24. The summed E-state index contributed by atoms with van der Waals surface area (Å²) in [5, 5.41) is 9.05. The molecule has 5 aromatic rings. The fraction of sp³-hybridized carbons (Fsp3) is 0.120. The molecule has 158 valence electrons. The van der Waals surface area contributed by atoms with Gasteiger partial charge in [-0.15, -0.1) is 0 Å². The van der Waals surface area contributed by atoms with E-state index in [0.717, 1.165) is 22.0 Å². The maximum atomic E-state index is 13.0. The van der Waals surface area contributed by atoms with Gasteiger partial charge in [0, 0.05) is 16.8 Å². The van der Waals surface area contributed by atoms with Gasteiger partial charge in [-0.25, -0.2) is 9.78 Å². The minimum atomic E-state index is -0.695. The second kappa shape index (κ2) is 7.46. The van der Waals surface area contributed by atoms with Gasteiger partial charge < -0.3 is 9.73 Å². The zero-order valence-corrected chi connectivity index (χ0v) is 17.8. The zero-order chi connectivity index (χ0) is 22.4. The molecule has 32 heavy (non-hydrogen) atoms. The van der Waals surface area contributed by atoms with Gasteiger partial charge in [0.1, 0.15) is 17.0 Å². The molecule has 0 aliphatic rings. The van der Waals surface area contributed by atoms with Crippen molar-refractivity contribution in [3.8, 4) is 5.82 Å². The van der Waals surface area contributed by atoms with E-state index in [1.54, 1.807) is 28.9 Å². The molecule has 2 aromatic carbocycles. The average Bonchev–Trinajstić information content (AvgIpc) is 3.13. The molecule has 0 bridgehead atoms. The first kappa shape index (κ1) is 19.7. The van der Waals surface area contributed by atoms with E-state index in [1.807, 2.05) is 51.1 Å². The van der Waals surface area contributed by atoms with Crippen LogP contribution in [0.2, 0.25) is 0 Å². The van der Waals surface area contributed by atoms with Gasteiger partial charge in [0.2, 0.25) is 0 Å². The van der Waals surface area contributed by atoms with Crippen LogP contribution in [0.5, 0.6) is 0 Å². The number of aryl methyl sites for hydroxylation is 3. The first-order valence-corrected chi connectivity index (χ1v) is 10.2. The van der Waals surface area contributed by atoms with Crippen LogP contribution in [0.15, 0.2) is 69.9 Å². The zero-order valence-electron chi connectivity index (χ0n) is 17.8. The third-order valence-corrected chi connectivity index (χ3v) is 5.41. The normalized spacial score (nSPS) is 11.2. The SMILES string of the molecule is Cc1cc(NC(=O)c2cc3ccccc3oc2=O)n(-c2cc(C)c3cccc(C)c3n2)n1. The van der Waals surface area contributed by atoms with Crippen LogP contribution in [0.1, 0.15) is 27.2 Å². The van der Waals surface area contributed by atoms with Crippen molar-refractivity contribution in [2.24, 2.45) is 0 Å². The molecule has 7 nitrogen and oxygen atoms in total. The van der Waals surface area contributed by atoms with E-state index in [9.17, 15) is 9.59 Å². The number of amides is 1. The number of carbonyl (C=O) groups excluding carboxylic acids is 1. The fourth-order valence-corrected chi connectivity index (χ4v) is 3.82. The molecule has 0 unspecified atom stereocenters. The van der Waals surface area contributed by atoms with Crippen molar-refractivity contribution in [1.29, 1.82) is 0 Å². The number of pyridine rings is 1. The Hall–Kier alpha value is -4.26. The molecule has 0 aliphatic heterocycles. The Bertz CT molecular complexity index is 1580. The largest absolute Gasteiger partial charge is 0.422 e. The number of hydrogen-bond acceptors (Lipinski definition) is 5. The lowest BCUT2D eigenvalue weighted by Gasteiger charge is -2.11. The van der Waals surface area contributed by atoms with Crippen LogP contribution in [0.3, 0.4) is 0 Å². The Morgan fingerprint density at radius 1 is 0.969 bits per heavy atom. The first-order valence-electron chi connectivity index (χ1n) is 10.2. The topological polar surface area (TPSA) is 90.0 Å². The number of fused-ring (bicyclic) bond motifs is 2. The lowest BCUT2D eigenvalue weighted by molar-refractivity contribution is 0.102. The van der Waals surface area contributed by atoms with Gasteiger partial charge in [-0.05, 0) is 50.1 Å². The van der Waals surface area contributed by atoms with E-state index >= 15 is 0 Å². The van der Waals surface area contributed by atoms with Crippen LogP contribution in [0.4, 0.5) is 5.82 Å². The van der Waals surface area contributed by atoms with Crippen LogP contribution in [-0.4, -0.2) is 20.7 Å². The van der Waals surface area contributed by atoms with Crippen molar-refractivity contribution >= 4 is 33.6 Å². The summed E-state index contributed by atoms with van der Waals surface area (Å²) in [5.41, 5.74) is 3.34. The number of benzene rings is 2. The van der Waals surface area contributed by atoms with Crippen LogP contribution < -0.4 is 10.9 Å². The highest BCUT2D eigenvalue weighted by molar-refractivity contribution is 6.05. The third kappa shape index (κ3) is 3.33. The minimum Gasteiger partial charge on any atom is -0.422 e. The van der Waals surface area contributed by atoms with Gasteiger partial charge in [-0.3, -0.25) is 4.79 Å². The first-order chi connectivity index (χ1) is 15.4. The van der Waals surface area contributed by atoms with Crippen LogP contribution in [0, 0.1) is 20.8 Å². The predicted molar refractivity (Wildman–Crippen MR) is 124 cm³/mol. The van der Waals surface area contributed by atoms with E-state index in [-0.39, 0.29) is 5.56 Å². The molecule has 1 amide bonds. The molecular formula is C25H20N4O3. The van der Waals surface area contributed by atoms with E-state index < -0.39 is 11.5 Å². The highest BCUT2D eigenvalue weighted by atomic mass is 16.4. The second-order valence-electron chi connectivity index (χ2n) is 7.79. The maximum Gasteiger partial charge on any atom is 0.349 e. The van der Waals surface area contributed by atoms with Gasteiger partial charge in [0.25, 0.3) is 5.91 Å². The Kier molecular flexibility index (Phi) is 4.59. The standard InChI is InChI=1S/C25H20N4O3/c1-14-7-6-9-18-15(2)11-21(26-23(14)18)29-22(12-16(3)28-29)27-24(30)19-13-17-8-4-5-10-20(17)32-25(19)31/h4-13H,1-3H3,(H,27,30). The van der Waals surface area contributed by atoms with Gasteiger partial charge in [0.05, 0.1) is 11.2 Å². The smallest absolute Gasteiger partial charge is 0.349 e. The number of hydrogen-bond donors (Lipinski definition) is 1. The van der Waals surface area contributed by atoms with Crippen LogP contribution in [-0.2, 0) is 0 Å². The molecule has 1 N–H and O–H groups in total. The average molecular weight is 424 g/mol. The molecule has 5 rings (SSSR count). The molecule has 3 aromatic heterocycles. The van der Waals surface area contributed by atoms with Crippen molar-refractivity contribution in [3.05, 3.63) is 93.5 Å². The lowest BCUT2D eigenvalue weighted by atomic mass is 10.1. The fourth-order valence-electron chi connectivity index (χ4n) is 3.82. The van der Waals surface area contributed by atoms with Gasteiger partial charge in [0.15, 0.2) is 5.82 Å². The van der Waals surface area contributed by atoms with Gasteiger partial charge in [-0.2, -0.15) is 9.78 Å². The van der Waals surface area contributed by atoms with E-state index in [4.69, 9.17) is 9.40 Å². The summed E-state index contributed by atoms with van der Waals surface area (Å²) in [7, 11) is 0. The summed E-state index contributed by atoms with van der Waals surface area (Å²) in [6, 6.07) is 18.3. The molecule has 0 aliphatic carbocycles. The summed E-state index contributed by atoms with van der Waals surface area (Å²) in [5.74, 6) is 0.428. The molecule has 0 saturated heterocycles.